The highest BCUT2D eigenvalue weighted by Gasteiger charge is 2.89. The number of hydrogen-bond acceptors (Lipinski definition) is 13. The molecule has 8 bridgehead atoms. The Bertz CT molecular complexity index is 1500. The van der Waals surface area contributed by atoms with Crippen LogP contribution in [0.4, 0.5) is 0 Å². The van der Waals surface area contributed by atoms with E-state index in [2.05, 4.69) is 19.7 Å². The first kappa shape index (κ1) is 44.4. The Labute approximate surface area is 380 Å². The van der Waals surface area contributed by atoms with Crippen LogP contribution < -0.4 is 0 Å². The van der Waals surface area contributed by atoms with Gasteiger partial charge in [0.05, 0.1) is 0 Å². The first-order valence-corrected chi connectivity index (χ1v) is 43.1. The summed E-state index contributed by atoms with van der Waals surface area (Å²) in [4.78, 5) is 0. The van der Waals surface area contributed by atoms with Crippen molar-refractivity contribution in [2.45, 2.75) is 238 Å². The van der Waals surface area contributed by atoms with Gasteiger partial charge in [0.2, 0.25) is 0 Å². The average molecular weight is 1020 g/mol. The normalized spacial score (nSPS) is 47.8. The molecule has 0 atom stereocenters. The van der Waals surface area contributed by atoms with Gasteiger partial charge in [0.25, 0.3) is 0 Å². The molecule has 13 fully saturated rings. The van der Waals surface area contributed by atoms with Crippen molar-refractivity contribution in [1.82, 2.24) is 0 Å². The van der Waals surface area contributed by atoms with Crippen LogP contribution in [-0.4, -0.2) is 79.0 Å². The Kier molecular flexibility index (Phi) is 11.7. The van der Waals surface area contributed by atoms with Gasteiger partial charge in [-0.15, -0.1) is 6.58 Å². The van der Waals surface area contributed by atoms with Gasteiger partial charge >= 0.3 is 70.7 Å². The topological polar surface area (TPSA) is 120 Å². The van der Waals surface area contributed by atoms with Gasteiger partial charge < -0.3 is 53.5 Å². The van der Waals surface area contributed by atoms with E-state index in [4.69, 9.17) is 53.5 Å². The van der Waals surface area contributed by atoms with E-state index in [9.17, 15) is 0 Å². The fraction of sp³-hybridized carbons (Fsp3) is 0.950. The van der Waals surface area contributed by atoms with Crippen LogP contribution in [0.25, 0.3) is 0 Å². The lowest BCUT2D eigenvalue weighted by Crippen LogP contribution is -2.91. The highest BCUT2D eigenvalue weighted by Crippen LogP contribution is 2.66. The lowest BCUT2D eigenvalue weighted by molar-refractivity contribution is -0.0609. The van der Waals surface area contributed by atoms with Crippen LogP contribution in [0.2, 0.25) is 57.9 Å². The van der Waals surface area contributed by atoms with Gasteiger partial charge in [-0.2, -0.15) is 0 Å². The first-order chi connectivity index (χ1) is 30.0. The molecule has 22 heteroatoms. The maximum Gasteiger partial charge on any atom is 0.646 e. The third-order valence-corrected chi connectivity index (χ3v) is 59.8. The molecule has 0 N–H and O–H groups in total. The quantitative estimate of drug-likeness (QED) is 0.144. The highest BCUT2D eigenvalue weighted by molar-refractivity contribution is 7.04. The van der Waals surface area contributed by atoms with E-state index in [1.165, 1.54) is 0 Å². The Morgan fingerprint density at radius 2 is 0.532 bits per heavy atom. The number of allylic oxidation sites excluding steroid dienone is 1. The third kappa shape index (κ3) is 7.30. The Hall–Kier alpha value is 1.17. The molecule has 13 aliphatic rings. The minimum atomic E-state index is -4.45. The maximum atomic E-state index is 8.46. The lowest BCUT2D eigenvalue weighted by Gasteiger charge is -2.66. The molecule has 62 heavy (non-hydrogen) atoms. The smallest absolute Gasteiger partial charge is 0.395 e. The second kappa shape index (κ2) is 16.4. The summed E-state index contributed by atoms with van der Waals surface area (Å²) in [6, 6.07) is 0.698. The van der Waals surface area contributed by atoms with Gasteiger partial charge in [-0.3, -0.25) is 0 Å². The number of rotatable bonds is 11. The summed E-state index contributed by atoms with van der Waals surface area (Å²) in [6.45, 7) is 8.71. The summed E-state index contributed by atoms with van der Waals surface area (Å²) >= 11 is 0. The Morgan fingerprint density at radius 1 is 0.355 bits per heavy atom. The van der Waals surface area contributed by atoms with E-state index in [1.54, 1.807) is 0 Å². The molecule has 6 heterocycles. The number of hydrogen-bond donors (Lipinski definition) is 0. The molecule has 0 aromatic carbocycles. The molecule has 0 spiro atoms. The summed E-state index contributed by atoms with van der Waals surface area (Å²) in [7, 11) is -35.0. The van der Waals surface area contributed by atoms with Crippen LogP contribution in [0, 0.1) is 0 Å². The Balaban J connectivity index is 1.19. The fourth-order valence-electron chi connectivity index (χ4n) is 14.3. The molecule has 6 saturated heterocycles. The largest absolute Gasteiger partial charge is 0.646 e. The molecule has 0 unspecified atom stereocenters. The molecule has 6 aliphatic heterocycles. The molecule has 0 radical (unpaired) electrons. The van der Waals surface area contributed by atoms with Gasteiger partial charge in [-0.05, 0) is 109 Å². The predicted molar refractivity (Wildman–Crippen MR) is 248 cm³/mol. The van der Waals surface area contributed by atoms with Crippen molar-refractivity contribution in [1.29, 1.82) is 0 Å². The minimum absolute atomic E-state index is 0.0159. The van der Waals surface area contributed by atoms with Crippen LogP contribution in [-0.2, 0) is 53.5 Å². The van der Waals surface area contributed by atoms with Crippen molar-refractivity contribution in [2.24, 2.45) is 0 Å². The maximum absolute atomic E-state index is 8.46. The van der Waals surface area contributed by atoms with Crippen molar-refractivity contribution in [3.05, 3.63) is 12.7 Å². The van der Waals surface area contributed by atoms with Crippen LogP contribution in [0.3, 0.4) is 0 Å². The van der Waals surface area contributed by atoms with Crippen molar-refractivity contribution in [2.75, 3.05) is 0 Å². The van der Waals surface area contributed by atoms with Gasteiger partial charge in [0.1, 0.15) is 0 Å². The lowest BCUT2D eigenvalue weighted by atomic mass is 10.4. The standard InChI is InChI=1S/C40H74O13Si9/c1-4-33-54(2,3)41-62-51-59(38-27-13-14-28-38)45-56(35-21-7-8-22-35)42-55(34-19-5-6-20-34)43-57(47-59,36-23-9-10-24-36)49-61(53-62,40-31-17-18-32-40)50-58(44-55,37-25-11-12-26-37)48-60(46-56,52-62)39-29-15-16-30-39/h4,34-40H,1,5-33H2,2-3H3. The summed E-state index contributed by atoms with van der Waals surface area (Å²) in [5.41, 5.74) is 0.114. The van der Waals surface area contributed by atoms with Gasteiger partial charge in [0, 0.05) is 38.8 Å². The molecule has 7 aliphatic carbocycles. The summed E-state index contributed by atoms with van der Waals surface area (Å²) in [6.07, 6.45) is 30.6. The molecule has 348 valence electrons. The van der Waals surface area contributed by atoms with Crippen LogP contribution in [0.1, 0.15) is 180 Å². The second-order valence-electron chi connectivity index (χ2n) is 22.2. The van der Waals surface area contributed by atoms with Crippen molar-refractivity contribution >= 4 is 79.0 Å². The molecule has 0 aromatic heterocycles. The molecule has 13 nitrogen and oxygen atoms in total. The minimum Gasteiger partial charge on any atom is -0.395 e. The van der Waals surface area contributed by atoms with Crippen molar-refractivity contribution in [3.63, 3.8) is 0 Å². The summed E-state index contributed by atoms with van der Waals surface area (Å²) in [5.74, 6) is 0. The summed E-state index contributed by atoms with van der Waals surface area (Å²) < 4.78 is 108. The van der Waals surface area contributed by atoms with Crippen molar-refractivity contribution < 1.29 is 53.5 Å². The van der Waals surface area contributed by atoms with E-state index in [-0.39, 0.29) is 38.8 Å². The molecule has 13 rings (SSSR count). The molecular weight excluding hydrogens is 941 g/mol. The van der Waals surface area contributed by atoms with Gasteiger partial charge in [0.15, 0.2) is 8.32 Å². The zero-order valence-electron chi connectivity index (χ0n) is 37.6. The summed E-state index contributed by atoms with van der Waals surface area (Å²) in [5, 5.41) is 0. The SMILES string of the molecule is C=CC[Si](C)(C)O[Si]12O[Si]3(C4CCCC4)O[Si]4(C5CCCC5)O[Si](C5CCCC5)(O1)O[Si]1(C5CCCC5)O[Si](C5CCCC5)(O2)O[Si](C2CCCC2)(O3)O[Si](C2CCCC2)(O4)O1. The second-order valence-corrected chi connectivity index (χ2v) is 51.9. The van der Waals surface area contributed by atoms with Crippen LogP contribution in [0.15, 0.2) is 12.7 Å². The third-order valence-electron chi connectivity index (χ3n) is 17.4. The molecular formula is C40H74O13Si9. The Morgan fingerprint density at radius 3 is 0.710 bits per heavy atom. The van der Waals surface area contributed by atoms with Crippen LogP contribution in [0.5, 0.6) is 0 Å². The van der Waals surface area contributed by atoms with E-state index in [1.807, 2.05) is 6.08 Å². The van der Waals surface area contributed by atoms with Crippen LogP contribution >= 0.6 is 0 Å². The van der Waals surface area contributed by atoms with Crippen molar-refractivity contribution in [3.8, 4) is 0 Å². The van der Waals surface area contributed by atoms with E-state index < -0.39 is 79.0 Å². The van der Waals surface area contributed by atoms with E-state index >= 15 is 0 Å². The van der Waals surface area contributed by atoms with E-state index in [0.29, 0.717) is 6.04 Å². The fourth-order valence-corrected chi connectivity index (χ4v) is 72.9. The zero-order valence-corrected chi connectivity index (χ0v) is 46.6. The molecule has 0 aromatic rings. The van der Waals surface area contributed by atoms with Gasteiger partial charge in [-0.1, -0.05) is 96.0 Å². The zero-order chi connectivity index (χ0) is 41.9. The average Bonchev–Trinajstić information content (AvgIpc) is 4.07. The molecule has 0 amide bonds. The van der Waals surface area contributed by atoms with E-state index in [0.717, 1.165) is 180 Å². The van der Waals surface area contributed by atoms with Gasteiger partial charge in [-0.25, -0.2) is 0 Å². The predicted octanol–water partition coefficient (Wildman–Crippen LogP) is 11.3. The molecule has 7 saturated carbocycles. The monoisotopic (exact) mass is 1010 g/mol. The highest BCUT2D eigenvalue weighted by atomic mass is 28.6. The first-order valence-electron chi connectivity index (χ1n) is 25.7.